The van der Waals surface area contributed by atoms with E-state index in [0.717, 1.165) is 19.4 Å². The molecule has 2 N–H and O–H groups in total. The molecule has 0 radical (unpaired) electrons. The number of aliphatic hydroxyl groups excluding tert-OH is 1. The Morgan fingerprint density at radius 2 is 2.45 bits per heavy atom. The van der Waals surface area contributed by atoms with Gasteiger partial charge in [-0.2, -0.15) is 0 Å². The van der Waals surface area contributed by atoms with Crippen LogP contribution in [0.25, 0.3) is 0 Å². The summed E-state index contributed by atoms with van der Waals surface area (Å²) in [5, 5.41) is 17.0. The lowest BCUT2D eigenvalue weighted by atomic mass is 9.99. The van der Waals surface area contributed by atoms with Crippen LogP contribution >= 0.6 is 0 Å². The summed E-state index contributed by atoms with van der Waals surface area (Å²) < 4.78 is 0. The summed E-state index contributed by atoms with van der Waals surface area (Å²) >= 11 is 0. The standard InChI is InChI=1S/C8H12N2O/c1-8-3-2-4-10(8)7(9)5-6(8)11/h5,9,11H,2-4H2,1H3/t8-/m0/s1. The van der Waals surface area contributed by atoms with E-state index in [1.807, 2.05) is 11.8 Å². The predicted octanol–water partition coefficient (Wildman–Crippen LogP) is 1.27. The second kappa shape index (κ2) is 1.78. The molecule has 0 aromatic heterocycles. The summed E-state index contributed by atoms with van der Waals surface area (Å²) in [4.78, 5) is 1.96. The molecule has 0 aromatic rings. The molecule has 0 bridgehead atoms. The Kier molecular flexibility index (Phi) is 1.09. The molecule has 0 aliphatic carbocycles. The van der Waals surface area contributed by atoms with Gasteiger partial charge < -0.3 is 10.0 Å². The fourth-order valence-corrected chi connectivity index (χ4v) is 1.98. The molecule has 2 aliphatic rings. The Hall–Kier alpha value is -0.990. The molecule has 1 saturated heterocycles. The normalized spacial score (nSPS) is 35.9. The summed E-state index contributed by atoms with van der Waals surface area (Å²) in [6.07, 6.45) is 3.60. The van der Waals surface area contributed by atoms with E-state index in [2.05, 4.69) is 0 Å². The summed E-state index contributed by atoms with van der Waals surface area (Å²) in [7, 11) is 0. The Labute approximate surface area is 65.8 Å². The average Bonchev–Trinajstić information content (AvgIpc) is 2.39. The first-order chi connectivity index (χ1) is 5.14. The van der Waals surface area contributed by atoms with Gasteiger partial charge in [0.1, 0.15) is 11.6 Å². The van der Waals surface area contributed by atoms with E-state index in [0.29, 0.717) is 11.6 Å². The van der Waals surface area contributed by atoms with Crippen molar-refractivity contribution in [3.05, 3.63) is 11.8 Å². The van der Waals surface area contributed by atoms with Gasteiger partial charge in [-0.3, -0.25) is 5.41 Å². The fraction of sp³-hybridized carbons (Fsp3) is 0.625. The fourth-order valence-electron chi connectivity index (χ4n) is 1.98. The third-order valence-corrected chi connectivity index (χ3v) is 2.76. The highest BCUT2D eigenvalue weighted by Gasteiger charge is 2.45. The lowest BCUT2D eigenvalue weighted by Gasteiger charge is -2.29. The van der Waals surface area contributed by atoms with Crippen molar-refractivity contribution in [2.75, 3.05) is 6.54 Å². The van der Waals surface area contributed by atoms with Gasteiger partial charge in [0, 0.05) is 12.6 Å². The van der Waals surface area contributed by atoms with Crippen molar-refractivity contribution in [3.8, 4) is 0 Å². The van der Waals surface area contributed by atoms with E-state index in [9.17, 15) is 5.11 Å². The van der Waals surface area contributed by atoms with E-state index in [-0.39, 0.29) is 5.54 Å². The second-order valence-electron chi connectivity index (χ2n) is 3.44. The van der Waals surface area contributed by atoms with Crippen LogP contribution in [0.1, 0.15) is 19.8 Å². The molecule has 11 heavy (non-hydrogen) atoms. The van der Waals surface area contributed by atoms with E-state index in [4.69, 9.17) is 5.41 Å². The van der Waals surface area contributed by atoms with Gasteiger partial charge >= 0.3 is 0 Å². The molecule has 0 spiro atoms. The van der Waals surface area contributed by atoms with Crippen molar-refractivity contribution in [2.45, 2.75) is 25.3 Å². The maximum atomic E-state index is 9.51. The van der Waals surface area contributed by atoms with Gasteiger partial charge in [-0.15, -0.1) is 0 Å². The van der Waals surface area contributed by atoms with E-state index in [1.54, 1.807) is 6.08 Å². The predicted molar refractivity (Wildman–Crippen MR) is 42.8 cm³/mol. The van der Waals surface area contributed by atoms with Gasteiger partial charge in [0.2, 0.25) is 0 Å². The first kappa shape index (κ1) is 6.70. The number of nitrogens with zero attached hydrogens (tertiary/aromatic N) is 1. The van der Waals surface area contributed by atoms with Gasteiger partial charge in [-0.1, -0.05) is 0 Å². The minimum Gasteiger partial charge on any atom is -0.510 e. The molecule has 2 rings (SSSR count). The van der Waals surface area contributed by atoms with Gasteiger partial charge in [0.15, 0.2) is 0 Å². The van der Waals surface area contributed by atoms with Gasteiger partial charge in [0.25, 0.3) is 0 Å². The molecule has 2 heterocycles. The summed E-state index contributed by atoms with van der Waals surface area (Å²) in [5.41, 5.74) is -0.239. The average molecular weight is 152 g/mol. The van der Waals surface area contributed by atoms with E-state index >= 15 is 0 Å². The molecule has 0 unspecified atom stereocenters. The van der Waals surface area contributed by atoms with E-state index < -0.39 is 0 Å². The molecule has 1 fully saturated rings. The van der Waals surface area contributed by atoms with Gasteiger partial charge in [-0.05, 0) is 19.8 Å². The number of nitrogens with one attached hydrogen (secondary N) is 1. The highest BCUT2D eigenvalue weighted by atomic mass is 16.3. The third kappa shape index (κ3) is 0.654. The largest absolute Gasteiger partial charge is 0.510 e. The number of fused-ring (bicyclic) bond motifs is 1. The second-order valence-corrected chi connectivity index (χ2v) is 3.44. The monoisotopic (exact) mass is 152 g/mol. The Morgan fingerprint density at radius 3 is 3.09 bits per heavy atom. The SMILES string of the molecule is C[C@@]12CCCN1C(=N)C=C2O. The summed E-state index contributed by atoms with van der Waals surface area (Å²) in [6.45, 7) is 2.91. The van der Waals surface area contributed by atoms with Crippen LogP contribution < -0.4 is 0 Å². The third-order valence-electron chi connectivity index (χ3n) is 2.76. The van der Waals surface area contributed by atoms with Crippen LogP contribution in [0.5, 0.6) is 0 Å². The van der Waals surface area contributed by atoms with Crippen molar-refractivity contribution in [1.82, 2.24) is 4.90 Å². The van der Waals surface area contributed by atoms with Crippen LogP contribution in [0.4, 0.5) is 0 Å². The smallest absolute Gasteiger partial charge is 0.124 e. The molecule has 2 aliphatic heterocycles. The molecule has 0 saturated carbocycles. The topological polar surface area (TPSA) is 47.3 Å². The van der Waals surface area contributed by atoms with Crippen LogP contribution in [0.2, 0.25) is 0 Å². The van der Waals surface area contributed by atoms with Crippen molar-refractivity contribution in [2.24, 2.45) is 0 Å². The van der Waals surface area contributed by atoms with Crippen LogP contribution in [0, 0.1) is 5.41 Å². The van der Waals surface area contributed by atoms with Crippen molar-refractivity contribution < 1.29 is 5.11 Å². The van der Waals surface area contributed by atoms with E-state index in [1.165, 1.54) is 0 Å². The molecule has 3 nitrogen and oxygen atoms in total. The van der Waals surface area contributed by atoms with Crippen LogP contribution in [-0.4, -0.2) is 27.9 Å². The zero-order valence-corrected chi connectivity index (χ0v) is 6.59. The van der Waals surface area contributed by atoms with Crippen molar-refractivity contribution in [3.63, 3.8) is 0 Å². The highest BCUT2D eigenvalue weighted by Crippen LogP contribution is 2.38. The molecule has 0 amide bonds. The Bertz CT molecular complexity index is 246. The molecular weight excluding hydrogens is 140 g/mol. The van der Waals surface area contributed by atoms with Crippen LogP contribution in [0.15, 0.2) is 11.8 Å². The quantitative estimate of drug-likeness (QED) is 0.549. The number of hydrogen-bond donors (Lipinski definition) is 2. The number of rotatable bonds is 0. The van der Waals surface area contributed by atoms with Crippen LogP contribution in [0.3, 0.4) is 0 Å². The molecule has 3 heteroatoms. The Morgan fingerprint density at radius 1 is 1.73 bits per heavy atom. The first-order valence-corrected chi connectivity index (χ1v) is 3.92. The van der Waals surface area contributed by atoms with Crippen LogP contribution in [-0.2, 0) is 0 Å². The zero-order chi connectivity index (χ0) is 8.06. The lowest BCUT2D eigenvalue weighted by molar-refractivity contribution is 0.222. The maximum absolute atomic E-state index is 9.51. The maximum Gasteiger partial charge on any atom is 0.124 e. The molecular formula is C8H12N2O. The minimum absolute atomic E-state index is 0.239. The molecule has 1 atom stereocenters. The number of aliphatic hydroxyl groups is 1. The van der Waals surface area contributed by atoms with Gasteiger partial charge in [0.05, 0.1) is 5.54 Å². The van der Waals surface area contributed by atoms with Gasteiger partial charge in [-0.25, -0.2) is 0 Å². The number of hydrogen-bond acceptors (Lipinski definition) is 2. The Balaban J connectivity index is 2.42. The highest BCUT2D eigenvalue weighted by molar-refractivity contribution is 5.94. The van der Waals surface area contributed by atoms with Crippen molar-refractivity contribution >= 4 is 5.84 Å². The molecule has 60 valence electrons. The lowest BCUT2D eigenvalue weighted by Crippen LogP contribution is -2.39. The van der Waals surface area contributed by atoms with Crippen molar-refractivity contribution in [1.29, 1.82) is 5.41 Å². The summed E-state index contributed by atoms with van der Waals surface area (Å²) in [5.74, 6) is 0.822. The zero-order valence-electron chi connectivity index (χ0n) is 6.59. The summed E-state index contributed by atoms with van der Waals surface area (Å²) in [6, 6.07) is 0. The first-order valence-electron chi connectivity index (χ1n) is 3.92. The number of amidine groups is 1. The molecule has 0 aromatic carbocycles. The minimum atomic E-state index is -0.239.